The molecule has 0 aliphatic carbocycles. The number of aryl methyl sites for hydroxylation is 2. The average Bonchev–Trinajstić information content (AvgIpc) is 2.79. The molecule has 0 aromatic heterocycles. The summed E-state index contributed by atoms with van der Waals surface area (Å²) in [6.07, 6.45) is 2.38. The van der Waals surface area contributed by atoms with E-state index >= 15 is 0 Å². The first-order chi connectivity index (χ1) is 14.0. The van der Waals surface area contributed by atoms with Crippen molar-refractivity contribution in [3.8, 4) is 11.5 Å². The van der Waals surface area contributed by atoms with Gasteiger partial charge in [-0.05, 0) is 64.9 Å². The Morgan fingerprint density at radius 3 is 1.45 bits per heavy atom. The first-order valence-electron chi connectivity index (χ1n) is 10.2. The molecule has 0 unspecified atom stereocenters. The van der Waals surface area contributed by atoms with E-state index in [9.17, 15) is 5.11 Å². The lowest BCUT2D eigenvalue weighted by Gasteiger charge is -2.31. The molecule has 0 bridgehead atoms. The van der Waals surface area contributed by atoms with Crippen LogP contribution < -0.4 is 9.47 Å². The molecule has 152 valence electrons. The van der Waals surface area contributed by atoms with Gasteiger partial charge < -0.3 is 14.6 Å². The Bertz CT molecular complexity index is 857. The van der Waals surface area contributed by atoms with Crippen LogP contribution in [0, 0.1) is 0 Å². The minimum absolute atomic E-state index is 0.513. The number of hydrogen-bond acceptors (Lipinski definition) is 3. The molecule has 0 radical (unpaired) electrons. The third-order valence-corrected chi connectivity index (χ3v) is 5.70. The Kier molecular flexibility index (Phi) is 6.60. The van der Waals surface area contributed by atoms with Crippen LogP contribution in [0.2, 0.25) is 0 Å². The molecule has 3 aromatic rings. The summed E-state index contributed by atoms with van der Waals surface area (Å²) < 4.78 is 10.6. The lowest BCUT2D eigenvalue weighted by molar-refractivity contribution is 0.0806. The molecule has 0 amide bonds. The molecule has 0 aliphatic rings. The van der Waals surface area contributed by atoms with E-state index in [2.05, 4.69) is 32.0 Å². The van der Waals surface area contributed by atoms with E-state index in [1.54, 1.807) is 14.2 Å². The summed E-state index contributed by atoms with van der Waals surface area (Å²) >= 11 is 0. The number of ether oxygens (including phenoxy) is 2. The van der Waals surface area contributed by atoms with Crippen LogP contribution in [0.3, 0.4) is 0 Å². The van der Waals surface area contributed by atoms with E-state index in [1.807, 2.05) is 48.5 Å². The van der Waals surface area contributed by atoms with Crippen LogP contribution in [-0.2, 0) is 24.9 Å². The average molecular weight is 391 g/mol. The predicted octanol–water partition coefficient (Wildman–Crippen LogP) is 5.31. The van der Waals surface area contributed by atoms with Gasteiger partial charge in [-0.1, -0.05) is 56.3 Å². The quantitative estimate of drug-likeness (QED) is 0.567. The molecular formula is C26H30O3. The highest BCUT2D eigenvalue weighted by atomic mass is 16.5. The van der Waals surface area contributed by atoms with Crippen molar-refractivity contribution in [2.45, 2.75) is 38.7 Å². The number of methoxy groups -OCH3 is 2. The van der Waals surface area contributed by atoms with Crippen molar-refractivity contribution >= 4 is 0 Å². The third-order valence-electron chi connectivity index (χ3n) is 5.70. The Morgan fingerprint density at radius 1 is 0.690 bits per heavy atom. The standard InChI is InChI=1S/C26H30O3/c1-5-19-8-7-9-20(6-2)25(19)18-26(27,21-10-14-23(28-3)15-11-21)22-12-16-24(29-4)17-13-22/h7-17,27H,5-6,18H2,1-4H3. The zero-order valence-electron chi connectivity index (χ0n) is 17.7. The maximum atomic E-state index is 12.1. The van der Waals surface area contributed by atoms with Crippen LogP contribution in [0.1, 0.15) is 41.7 Å². The summed E-state index contributed by atoms with van der Waals surface area (Å²) in [4.78, 5) is 0. The molecule has 0 saturated carbocycles. The van der Waals surface area contributed by atoms with Gasteiger partial charge in [0.2, 0.25) is 0 Å². The first-order valence-corrected chi connectivity index (χ1v) is 10.2. The fourth-order valence-electron chi connectivity index (χ4n) is 3.94. The Hall–Kier alpha value is -2.78. The van der Waals surface area contributed by atoms with Crippen LogP contribution in [0.5, 0.6) is 11.5 Å². The first kappa shape index (κ1) is 20.9. The fraction of sp³-hybridized carbons (Fsp3) is 0.308. The van der Waals surface area contributed by atoms with Crippen molar-refractivity contribution in [2.75, 3.05) is 14.2 Å². The van der Waals surface area contributed by atoms with Crippen LogP contribution in [0.4, 0.5) is 0 Å². The van der Waals surface area contributed by atoms with Gasteiger partial charge in [-0.15, -0.1) is 0 Å². The molecule has 29 heavy (non-hydrogen) atoms. The zero-order valence-corrected chi connectivity index (χ0v) is 17.7. The Labute approximate surface area is 173 Å². The van der Waals surface area contributed by atoms with E-state index < -0.39 is 5.60 Å². The predicted molar refractivity (Wildman–Crippen MR) is 118 cm³/mol. The summed E-state index contributed by atoms with van der Waals surface area (Å²) in [5.74, 6) is 1.54. The van der Waals surface area contributed by atoms with Crippen LogP contribution in [0.15, 0.2) is 66.7 Å². The molecular weight excluding hydrogens is 360 g/mol. The molecule has 3 heteroatoms. The minimum atomic E-state index is -1.16. The van der Waals surface area contributed by atoms with Gasteiger partial charge in [-0.3, -0.25) is 0 Å². The van der Waals surface area contributed by atoms with E-state index in [1.165, 1.54) is 16.7 Å². The molecule has 0 atom stereocenters. The molecule has 0 spiro atoms. The van der Waals surface area contributed by atoms with E-state index in [-0.39, 0.29) is 0 Å². The van der Waals surface area contributed by atoms with E-state index in [0.717, 1.165) is 35.5 Å². The van der Waals surface area contributed by atoms with Crippen molar-refractivity contribution in [3.05, 3.63) is 94.5 Å². The zero-order chi connectivity index (χ0) is 20.9. The maximum absolute atomic E-state index is 12.1. The van der Waals surface area contributed by atoms with Crippen molar-refractivity contribution < 1.29 is 14.6 Å². The summed E-state index contributed by atoms with van der Waals surface area (Å²) in [6.45, 7) is 4.33. The van der Waals surface area contributed by atoms with Gasteiger partial charge in [0, 0.05) is 6.42 Å². The van der Waals surface area contributed by atoms with Crippen molar-refractivity contribution in [3.63, 3.8) is 0 Å². The van der Waals surface area contributed by atoms with Gasteiger partial charge in [-0.25, -0.2) is 0 Å². The number of benzene rings is 3. The van der Waals surface area contributed by atoms with Gasteiger partial charge in [0.25, 0.3) is 0 Å². The summed E-state index contributed by atoms with van der Waals surface area (Å²) in [5, 5.41) is 12.1. The molecule has 3 rings (SSSR count). The second-order valence-electron chi connectivity index (χ2n) is 7.26. The van der Waals surface area contributed by atoms with Crippen LogP contribution >= 0.6 is 0 Å². The van der Waals surface area contributed by atoms with E-state index in [4.69, 9.17) is 9.47 Å². The number of aliphatic hydroxyl groups is 1. The van der Waals surface area contributed by atoms with Gasteiger partial charge in [0.05, 0.1) is 14.2 Å². The highest BCUT2D eigenvalue weighted by molar-refractivity contribution is 5.45. The van der Waals surface area contributed by atoms with E-state index in [0.29, 0.717) is 6.42 Å². The topological polar surface area (TPSA) is 38.7 Å². The lowest BCUT2D eigenvalue weighted by atomic mass is 9.78. The van der Waals surface area contributed by atoms with Crippen molar-refractivity contribution in [1.82, 2.24) is 0 Å². The molecule has 3 nitrogen and oxygen atoms in total. The molecule has 0 fully saturated rings. The lowest BCUT2D eigenvalue weighted by Crippen LogP contribution is -2.31. The summed E-state index contributed by atoms with van der Waals surface area (Å²) in [5.41, 5.74) is 4.32. The van der Waals surface area contributed by atoms with Gasteiger partial charge >= 0.3 is 0 Å². The second kappa shape index (κ2) is 9.15. The second-order valence-corrected chi connectivity index (χ2v) is 7.26. The summed E-state index contributed by atoms with van der Waals surface area (Å²) in [6, 6.07) is 21.8. The number of hydrogen-bond donors (Lipinski definition) is 1. The monoisotopic (exact) mass is 390 g/mol. The Balaban J connectivity index is 2.15. The smallest absolute Gasteiger partial charge is 0.119 e. The third kappa shape index (κ3) is 4.30. The normalized spacial score (nSPS) is 11.3. The Morgan fingerprint density at radius 2 is 1.10 bits per heavy atom. The SMILES string of the molecule is CCc1cccc(CC)c1CC(O)(c1ccc(OC)cc1)c1ccc(OC)cc1. The van der Waals surface area contributed by atoms with Crippen LogP contribution in [0.25, 0.3) is 0 Å². The fourth-order valence-corrected chi connectivity index (χ4v) is 3.94. The van der Waals surface area contributed by atoms with Gasteiger partial charge in [-0.2, -0.15) is 0 Å². The minimum Gasteiger partial charge on any atom is -0.497 e. The summed E-state index contributed by atoms with van der Waals surface area (Å²) in [7, 11) is 3.30. The maximum Gasteiger partial charge on any atom is 0.119 e. The van der Waals surface area contributed by atoms with Crippen LogP contribution in [-0.4, -0.2) is 19.3 Å². The van der Waals surface area contributed by atoms with Gasteiger partial charge in [0.15, 0.2) is 0 Å². The highest BCUT2D eigenvalue weighted by Gasteiger charge is 2.33. The largest absolute Gasteiger partial charge is 0.497 e. The molecule has 1 N–H and O–H groups in total. The molecule has 0 saturated heterocycles. The van der Waals surface area contributed by atoms with Gasteiger partial charge in [0.1, 0.15) is 17.1 Å². The number of rotatable bonds is 8. The molecule has 3 aromatic carbocycles. The van der Waals surface area contributed by atoms with Crippen molar-refractivity contribution in [2.24, 2.45) is 0 Å². The van der Waals surface area contributed by atoms with Crippen molar-refractivity contribution in [1.29, 1.82) is 0 Å². The molecule has 0 heterocycles. The highest BCUT2D eigenvalue weighted by Crippen LogP contribution is 2.37. The molecule has 0 aliphatic heterocycles.